The molecule has 0 aromatic heterocycles. The molecule has 0 aliphatic rings. The van der Waals surface area contributed by atoms with E-state index >= 15 is 0 Å². The van der Waals surface area contributed by atoms with Crippen molar-refractivity contribution in [3.05, 3.63) is 29.6 Å². The van der Waals surface area contributed by atoms with Crippen molar-refractivity contribution >= 4 is 0 Å². The van der Waals surface area contributed by atoms with Gasteiger partial charge in [0.1, 0.15) is 11.6 Å². The fraction of sp³-hybridized carbons (Fsp3) is 0.600. The summed E-state index contributed by atoms with van der Waals surface area (Å²) in [5.74, 6) is 0.341. The molecule has 0 saturated heterocycles. The van der Waals surface area contributed by atoms with Crippen LogP contribution < -0.4 is 10.1 Å². The van der Waals surface area contributed by atoms with Gasteiger partial charge in [0.25, 0.3) is 0 Å². The molecule has 108 valence electrons. The normalized spacial score (nSPS) is 11.0. The molecular formula is C15H24FNO2. The maximum Gasteiger partial charge on any atom is 0.127 e. The Balaban J connectivity index is 2.44. The van der Waals surface area contributed by atoms with Crippen molar-refractivity contribution in [3.63, 3.8) is 0 Å². The first-order valence-corrected chi connectivity index (χ1v) is 6.76. The molecule has 4 heteroatoms. The summed E-state index contributed by atoms with van der Waals surface area (Å²) >= 11 is 0. The van der Waals surface area contributed by atoms with Crippen LogP contribution in [0.3, 0.4) is 0 Å². The number of hydrogen-bond acceptors (Lipinski definition) is 3. The molecular weight excluding hydrogens is 245 g/mol. The number of hydrogen-bond donors (Lipinski definition) is 1. The van der Waals surface area contributed by atoms with Gasteiger partial charge in [-0.25, -0.2) is 4.39 Å². The lowest BCUT2D eigenvalue weighted by molar-refractivity contribution is 0.184. The van der Waals surface area contributed by atoms with Gasteiger partial charge in [-0.3, -0.25) is 0 Å². The molecule has 0 heterocycles. The van der Waals surface area contributed by atoms with Gasteiger partial charge in [0.2, 0.25) is 0 Å². The van der Waals surface area contributed by atoms with Crippen molar-refractivity contribution < 1.29 is 13.9 Å². The van der Waals surface area contributed by atoms with E-state index in [0.717, 1.165) is 25.0 Å². The Morgan fingerprint density at radius 1 is 1.16 bits per heavy atom. The molecule has 0 spiro atoms. The Hall–Kier alpha value is -1.13. The third-order valence-electron chi connectivity index (χ3n) is 2.66. The van der Waals surface area contributed by atoms with Gasteiger partial charge in [0, 0.05) is 32.4 Å². The zero-order valence-electron chi connectivity index (χ0n) is 12.0. The fourth-order valence-corrected chi connectivity index (χ4v) is 1.67. The molecule has 0 unspecified atom stereocenters. The summed E-state index contributed by atoms with van der Waals surface area (Å²) in [6.07, 6.45) is 1.86. The van der Waals surface area contributed by atoms with Crippen LogP contribution in [0.2, 0.25) is 0 Å². The van der Waals surface area contributed by atoms with Crippen LogP contribution in [0.15, 0.2) is 18.2 Å². The lowest BCUT2D eigenvalue weighted by Gasteiger charge is -2.11. The number of methoxy groups -OCH3 is 1. The predicted octanol–water partition coefficient (Wildman–Crippen LogP) is 3.13. The lowest BCUT2D eigenvalue weighted by atomic mass is 10.2. The first-order valence-electron chi connectivity index (χ1n) is 6.76. The average Bonchev–Trinajstić information content (AvgIpc) is 2.35. The van der Waals surface area contributed by atoms with E-state index in [2.05, 4.69) is 19.2 Å². The van der Waals surface area contributed by atoms with Crippen molar-refractivity contribution in [2.75, 3.05) is 20.3 Å². The highest BCUT2D eigenvalue weighted by atomic mass is 19.1. The van der Waals surface area contributed by atoms with Gasteiger partial charge in [-0.2, -0.15) is 0 Å². The second-order valence-corrected chi connectivity index (χ2v) is 4.88. The molecule has 0 saturated carbocycles. The molecule has 1 rings (SSSR count). The van der Waals surface area contributed by atoms with Crippen LogP contribution in [0, 0.1) is 5.82 Å². The first kappa shape index (κ1) is 15.9. The third-order valence-corrected chi connectivity index (χ3v) is 2.66. The minimum atomic E-state index is -0.255. The van der Waals surface area contributed by atoms with E-state index in [-0.39, 0.29) is 5.82 Å². The van der Waals surface area contributed by atoms with Gasteiger partial charge < -0.3 is 14.8 Å². The van der Waals surface area contributed by atoms with E-state index in [1.807, 2.05) is 6.07 Å². The Morgan fingerprint density at radius 2 is 1.89 bits per heavy atom. The molecule has 0 amide bonds. The lowest BCUT2D eigenvalue weighted by Crippen LogP contribution is -2.21. The number of rotatable bonds is 9. The summed E-state index contributed by atoms with van der Waals surface area (Å²) in [6, 6.07) is 5.22. The number of unbranched alkanes of at least 4 members (excludes halogenated alkanes) is 1. The molecule has 1 aromatic rings. The molecule has 3 nitrogen and oxygen atoms in total. The van der Waals surface area contributed by atoms with E-state index in [1.165, 1.54) is 12.1 Å². The van der Waals surface area contributed by atoms with Crippen LogP contribution in [-0.2, 0) is 11.3 Å². The minimum Gasteiger partial charge on any atom is -0.493 e. The highest BCUT2D eigenvalue weighted by Crippen LogP contribution is 2.17. The number of benzene rings is 1. The van der Waals surface area contributed by atoms with E-state index in [4.69, 9.17) is 9.47 Å². The molecule has 1 aromatic carbocycles. The van der Waals surface area contributed by atoms with Crippen LogP contribution in [-0.4, -0.2) is 26.4 Å². The minimum absolute atomic E-state index is 0.255. The molecule has 0 bridgehead atoms. The van der Waals surface area contributed by atoms with Crippen molar-refractivity contribution in [3.8, 4) is 5.75 Å². The zero-order valence-corrected chi connectivity index (χ0v) is 12.0. The molecule has 19 heavy (non-hydrogen) atoms. The van der Waals surface area contributed by atoms with E-state index in [9.17, 15) is 4.39 Å². The summed E-state index contributed by atoms with van der Waals surface area (Å²) in [5.41, 5.74) is 0.903. The maximum atomic E-state index is 13.5. The number of halogens is 1. The standard InChI is InChI=1S/C15H24FNO2/c1-12(2)17-11-13-8-14(16)10-15(9-13)19-7-5-4-6-18-3/h8-10,12,17H,4-7,11H2,1-3H3. The van der Waals surface area contributed by atoms with Gasteiger partial charge in [0.05, 0.1) is 6.61 Å². The van der Waals surface area contributed by atoms with Crippen LogP contribution in [0.1, 0.15) is 32.3 Å². The Kier molecular flexibility index (Phi) is 7.45. The smallest absolute Gasteiger partial charge is 0.127 e. The summed E-state index contributed by atoms with van der Waals surface area (Å²) in [6.45, 7) is 6.09. The van der Waals surface area contributed by atoms with E-state index < -0.39 is 0 Å². The van der Waals surface area contributed by atoms with Crippen LogP contribution in [0.5, 0.6) is 5.75 Å². The van der Waals surface area contributed by atoms with Crippen molar-refractivity contribution in [2.45, 2.75) is 39.3 Å². The molecule has 1 N–H and O–H groups in total. The summed E-state index contributed by atoms with van der Waals surface area (Å²) in [4.78, 5) is 0. The molecule has 0 aliphatic carbocycles. The molecule has 0 atom stereocenters. The molecule has 0 fully saturated rings. The monoisotopic (exact) mass is 269 g/mol. The van der Waals surface area contributed by atoms with Crippen LogP contribution in [0.4, 0.5) is 4.39 Å². The predicted molar refractivity (Wildman–Crippen MR) is 75.0 cm³/mol. The van der Waals surface area contributed by atoms with Crippen molar-refractivity contribution in [2.24, 2.45) is 0 Å². The third kappa shape index (κ3) is 7.13. The molecule has 0 aliphatic heterocycles. The zero-order chi connectivity index (χ0) is 14.1. The Labute approximate surface area is 115 Å². The number of nitrogens with one attached hydrogen (secondary N) is 1. The quantitative estimate of drug-likeness (QED) is 0.699. The van der Waals surface area contributed by atoms with Gasteiger partial charge in [-0.05, 0) is 30.5 Å². The van der Waals surface area contributed by atoms with Gasteiger partial charge in [-0.1, -0.05) is 13.8 Å². The Bertz CT molecular complexity index is 369. The fourth-order valence-electron chi connectivity index (χ4n) is 1.67. The van der Waals surface area contributed by atoms with Gasteiger partial charge >= 0.3 is 0 Å². The largest absolute Gasteiger partial charge is 0.493 e. The van der Waals surface area contributed by atoms with Crippen LogP contribution in [0.25, 0.3) is 0 Å². The highest BCUT2D eigenvalue weighted by Gasteiger charge is 2.03. The highest BCUT2D eigenvalue weighted by molar-refractivity contribution is 5.29. The van der Waals surface area contributed by atoms with E-state index in [0.29, 0.717) is 24.9 Å². The first-order chi connectivity index (χ1) is 9.11. The molecule has 0 radical (unpaired) electrons. The topological polar surface area (TPSA) is 30.5 Å². The van der Waals surface area contributed by atoms with Gasteiger partial charge in [0.15, 0.2) is 0 Å². The summed E-state index contributed by atoms with van der Waals surface area (Å²) in [5, 5.41) is 3.26. The van der Waals surface area contributed by atoms with E-state index in [1.54, 1.807) is 7.11 Å². The van der Waals surface area contributed by atoms with Crippen molar-refractivity contribution in [1.29, 1.82) is 0 Å². The SMILES string of the molecule is COCCCCOc1cc(F)cc(CNC(C)C)c1. The summed E-state index contributed by atoms with van der Waals surface area (Å²) < 4.78 is 24.0. The number of ether oxygens (including phenoxy) is 2. The maximum absolute atomic E-state index is 13.5. The Morgan fingerprint density at radius 3 is 2.58 bits per heavy atom. The van der Waals surface area contributed by atoms with Crippen molar-refractivity contribution in [1.82, 2.24) is 5.32 Å². The second-order valence-electron chi connectivity index (χ2n) is 4.88. The summed E-state index contributed by atoms with van der Waals surface area (Å²) in [7, 11) is 1.68. The average molecular weight is 269 g/mol. The van der Waals surface area contributed by atoms with Gasteiger partial charge in [-0.15, -0.1) is 0 Å². The van der Waals surface area contributed by atoms with Crippen LogP contribution >= 0.6 is 0 Å². The second kappa shape index (κ2) is 8.88.